The number of hydrogen-bond acceptors (Lipinski definition) is 5. The predicted molar refractivity (Wildman–Crippen MR) is 92.2 cm³/mol. The first-order valence-electron chi connectivity index (χ1n) is 8.25. The molecule has 2 aromatic rings. The number of carbonyl (C=O) groups excluding carboxylic acids is 3. The average Bonchev–Trinajstić information content (AvgIpc) is 3.11. The Balaban J connectivity index is 1.83. The van der Waals surface area contributed by atoms with Gasteiger partial charge in [0.1, 0.15) is 11.8 Å². The molecular formula is C19H20N2O5. The minimum absolute atomic E-state index is 0.0225. The Labute approximate surface area is 151 Å². The molecule has 0 saturated carbocycles. The number of amides is 2. The number of ether oxygens (including phenoxy) is 1. The highest BCUT2D eigenvalue weighted by atomic mass is 16.5. The van der Waals surface area contributed by atoms with Gasteiger partial charge in [-0.2, -0.15) is 0 Å². The van der Waals surface area contributed by atoms with E-state index in [9.17, 15) is 14.4 Å². The molecule has 1 aromatic carbocycles. The van der Waals surface area contributed by atoms with Crippen LogP contribution in [0.3, 0.4) is 0 Å². The Morgan fingerprint density at radius 1 is 1.19 bits per heavy atom. The molecule has 136 valence electrons. The fourth-order valence-corrected chi connectivity index (χ4v) is 3.01. The van der Waals surface area contributed by atoms with Crippen molar-refractivity contribution in [1.82, 2.24) is 9.80 Å². The first-order valence-corrected chi connectivity index (χ1v) is 8.25. The maximum absolute atomic E-state index is 12.7. The van der Waals surface area contributed by atoms with Gasteiger partial charge in [0, 0.05) is 13.5 Å². The first kappa shape index (κ1) is 17.7. The number of likely N-dealkylation sites (N-methyl/N-ethyl adjacent to an activating group) is 1. The summed E-state index contributed by atoms with van der Waals surface area (Å²) in [5.41, 5.74) is 0.966. The maximum atomic E-state index is 12.7. The highest BCUT2D eigenvalue weighted by Gasteiger charge is 2.38. The molecule has 0 radical (unpaired) electrons. The van der Waals surface area contributed by atoms with Gasteiger partial charge in [0.15, 0.2) is 0 Å². The predicted octanol–water partition coefficient (Wildman–Crippen LogP) is 1.48. The minimum Gasteiger partial charge on any atom is -0.463 e. The van der Waals surface area contributed by atoms with E-state index in [0.29, 0.717) is 12.2 Å². The molecule has 0 N–H and O–H groups in total. The third kappa shape index (κ3) is 3.61. The van der Waals surface area contributed by atoms with E-state index in [1.54, 1.807) is 13.1 Å². The van der Waals surface area contributed by atoms with Crippen LogP contribution in [0.5, 0.6) is 0 Å². The largest absolute Gasteiger partial charge is 0.463 e. The number of hydrogen-bond donors (Lipinski definition) is 0. The lowest BCUT2D eigenvalue weighted by molar-refractivity contribution is -0.155. The zero-order valence-corrected chi connectivity index (χ0v) is 14.7. The second kappa shape index (κ2) is 7.43. The van der Waals surface area contributed by atoms with E-state index in [1.807, 2.05) is 30.3 Å². The molecule has 0 spiro atoms. The van der Waals surface area contributed by atoms with Gasteiger partial charge in [-0.05, 0) is 17.7 Å². The highest BCUT2D eigenvalue weighted by molar-refractivity contribution is 5.94. The molecule has 0 bridgehead atoms. The van der Waals surface area contributed by atoms with Crippen molar-refractivity contribution in [1.29, 1.82) is 0 Å². The summed E-state index contributed by atoms with van der Waals surface area (Å²) in [4.78, 5) is 39.7. The lowest BCUT2D eigenvalue weighted by Crippen LogP contribution is -2.59. The van der Waals surface area contributed by atoms with Crippen LogP contribution >= 0.6 is 0 Å². The number of rotatable bonds is 5. The van der Waals surface area contributed by atoms with Gasteiger partial charge in [0.2, 0.25) is 17.6 Å². The Bertz CT molecular complexity index is 814. The molecule has 1 aromatic heterocycles. The van der Waals surface area contributed by atoms with Gasteiger partial charge in [-0.1, -0.05) is 30.3 Å². The van der Waals surface area contributed by atoms with E-state index >= 15 is 0 Å². The summed E-state index contributed by atoms with van der Waals surface area (Å²) in [7, 11) is 2.89. The van der Waals surface area contributed by atoms with Gasteiger partial charge in [0.05, 0.1) is 20.2 Å². The van der Waals surface area contributed by atoms with Crippen LogP contribution in [0.4, 0.5) is 0 Å². The third-order valence-electron chi connectivity index (χ3n) is 4.38. The van der Waals surface area contributed by atoms with Crippen LogP contribution < -0.4 is 0 Å². The molecular weight excluding hydrogens is 336 g/mol. The van der Waals surface area contributed by atoms with Gasteiger partial charge in [0.25, 0.3) is 0 Å². The molecule has 2 heterocycles. The normalized spacial score (nSPS) is 17.5. The number of furan rings is 1. The number of piperazine rings is 1. The molecule has 0 aliphatic carbocycles. The quantitative estimate of drug-likeness (QED) is 0.758. The summed E-state index contributed by atoms with van der Waals surface area (Å²) in [5.74, 6) is -0.376. The number of nitrogens with zero attached hydrogens (tertiary/aromatic N) is 2. The lowest BCUT2D eigenvalue weighted by atomic mass is 10.0. The van der Waals surface area contributed by atoms with Crippen molar-refractivity contribution in [2.75, 3.05) is 20.7 Å². The van der Waals surface area contributed by atoms with Gasteiger partial charge in [-0.25, -0.2) is 4.79 Å². The van der Waals surface area contributed by atoms with Crippen molar-refractivity contribution in [2.24, 2.45) is 0 Å². The van der Waals surface area contributed by atoms with Crippen LogP contribution in [0.1, 0.15) is 21.9 Å². The van der Waals surface area contributed by atoms with E-state index in [-0.39, 0.29) is 30.7 Å². The van der Waals surface area contributed by atoms with E-state index < -0.39 is 12.0 Å². The molecule has 1 fully saturated rings. The van der Waals surface area contributed by atoms with Crippen LogP contribution in [0.2, 0.25) is 0 Å². The summed E-state index contributed by atoms with van der Waals surface area (Å²) in [5, 5.41) is 0. The average molecular weight is 356 g/mol. The topological polar surface area (TPSA) is 80.1 Å². The summed E-state index contributed by atoms with van der Waals surface area (Å²) in [6, 6.07) is 12.0. The zero-order chi connectivity index (χ0) is 18.7. The van der Waals surface area contributed by atoms with Crippen LogP contribution in [0.15, 0.2) is 46.9 Å². The van der Waals surface area contributed by atoms with E-state index in [4.69, 9.17) is 4.42 Å². The van der Waals surface area contributed by atoms with Crippen LogP contribution in [0.25, 0.3) is 0 Å². The monoisotopic (exact) mass is 356 g/mol. The lowest BCUT2D eigenvalue weighted by Gasteiger charge is -2.38. The number of methoxy groups -OCH3 is 1. The Kier molecular flexibility index (Phi) is 5.06. The second-order valence-corrected chi connectivity index (χ2v) is 6.18. The zero-order valence-electron chi connectivity index (χ0n) is 14.7. The fourth-order valence-electron chi connectivity index (χ4n) is 3.01. The van der Waals surface area contributed by atoms with Gasteiger partial charge in [-0.15, -0.1) is 0 Å². The molecule has 1 aliphatic heterocycles. The Morgan fingerprint density at radius 2 is 1.92 bits per heavy atom. The molecule has 1 saturated heterocycles. The first-order chi connectivity index (χ1) is 12.5. The third-order valence-corrected chi connectivity index (χ3v) is 4.38. The molecule has 2 amide bonds. The van der Waals surface area contributed by atoms with Gasteiger partial charge >= 0.3 is 5.97 Å². The van der Waals surface area contributed by atoms with E-state index in [0.717, 1.165) is 5.56 Å². The number of carbonyl (C=O) groups is 3. The van der Waals surface area contributed by atoms with Gasteiger partial charge in [-0.3, -0.25) is 9.59 Å². The van der Waals surface area contributed by atoms with Crippen molar-refractivity contribution in [3.8, 4) is 0 Å². The summed E-state index contributed by atoms with van der Waals surface area (Å²) < 4.78 is 10.1. The smallest absolute Gasteiger partial charge is 0.373 e. The molecule has 3 rings (SSSR count). The summed E-state index contributed by atoms with van der Waals surface area (Å²) >= 11 is 0. The van der Waals surface area contributed by atoms with E-state index in [1.165, 1.54) is 23.0 Å². The van der Waals surface area contributed by atoms with Crippen LogP contribution in [-0.4, -0.2) is 54.3 Å². The van der Waals surface area contributed by atoms with Crippen LogP contribution in [-0.2, 0) is 27.3 Å². The molecule has 0 unspecified atom stereocenters. The van der Waals surface area contributed by atoms with Gasteiger partial charge < -0.3 is 19.0 Å². The summed E-state index contributed by atoms with van der Waals surface area (Å²) in [6.07, 6.45) is 0.417. The van der Waals surface area contributed by atoms with Crippen molar-refractivity contribution < 1.29 is 23.5 Å². The fraction of sp³-hybridized carbons (Fsp3) is 0.316. The SMILES string of the molecule is COC(=O)c1ccc(CN2C(=O)CN(C)C(=O)[C@@H]2Cc2ccccc2)o1. The van der Waals surface area contributed by atoms with Crippen molar-refractivity contribution in [2.45, 2.75) is 19.0 Å². The Morgan fingerprint density at radius 3 is 2.62 bits per heavy atom. The molecule has 1 aliphatic rings. The maximum Gasteiger partial charge on any atom is 0.373 e. The van der Waals surface area contributed by atoms with E-state index in [2.05, 4.69) is 4.74 Å². The van der Waals surface area contributed by atoms with Crippen molar-refractivity contribution in [3.05, 3.63) is 59.5 Å². The molecule has 7 heteroatoms. The number of esters is 1. The van der Waals surface area contributed by atoms with Crippen molar-refractivity contribution >= 4 is 17.8 Å². The molecule has 26 heavy (non-hydrogen) atoms. The standard InChI is InChI=1S/C19H20N2O5/c1-20-12-17(22)21(11-14-8-9-16(26-14)19(24)25-2)15(18(20)23)10-13-6-4-3-5-7-13/h3-9,15H,10-12H2,1-2H3/t15-/m0/s1. The molecule has 1 atom stereocenters. The Hall–Kier alpha value is -3.09. The highest BCUT2D eigenvalue weighted by Crippen LogP contribution is 2.20. The van der Waals surface area contributed by atoms with Crippen molar-refractivity contribution in [3.63, 3.8) is 0 Å². The van der Waals surface area contributed by atoms with Crippen LogP contribution in [0, 0.1) is 0 Å². The number of benzene rings is 1. The summed E-state index contributed by atoms with van der Waals surface area (Å²) in [6.45, 7) is 0.140. The molecule has 7 nitrogen and oxygen atoms in total. The second-order valence-electron chi connectivity index (χ2n) is 6.18. The minimum atomic E-state index is -0.615.